The molecule has 13 heavy (non-hydrogen) atoms. The largest absolute Gasteiger partial charge is 0.493 e. The van der Waals surface area contributed by atoms with Crippen molar-refractivity contribution in [2.24, 2.45) is 0 Å². The fourth-order valence-electron chi connectivity index (χ4n) is 0.855. The van der Waals surface area contributed by atoms with Gasteiger partial charge in [0.15, 0.2) is 10.9 Å². The third-order valence-corrected chi connectivity index (χ3v) is 2.00. The average Bonchev–Trinajstić information content (AvgIpc) is 2.02. The van der Waals surface area contributed by atoms with E-state index in [4.69, 9.17) is 0 Å². The predicted octanol–water partition coefficient (Wildman–Crippen LogP) is 0.400. The van der Waals surface area contributed by atoms with Crippen molar-refractivity contribution in [1.82, 2.24) is 9.97 Å². The summed E-state index contributed by atoms with van der Waals surface area (Å²) in [4.78, 5) is 28.0. The summed E-state index contributed by atoms with van der Waals surface area (Å²) in [6.07, 6.45) is 1.70. The molecule has 0 saturated carbocycles. The maximum atomic E-state index is 11.2. The molecule has 0 atom stereocenters. The van der Waals surface area contributed by atoms with E-state index in [1.54, 1.807) is 6.26 Å². The zero-order valence-electron chi connectivity index (χ0n) is 7.12. The Hall–Kier alpha value is -1.30. The first kappa shape index (κ1) is 9.79. The number of ketones is 1. The predicted molar refractivity (Wildman–Crippen MR) is 48.3 cm³/mol. The lowest BCUT2D eigenvalue weighted by atomic mass is 10.2. The van der Waals surface area contributed by atoms with E-state index in [-0.39, 0.29) is 10.7 Å². The highest BCUT2D eigenvalue weighted by molar-refractivity contribution is 7.98. The first-order valence-corrected chi connectivity index (χ1v) is 4.67. The Morgan fingerprint density at radius 3 is 2.62 bits per heavy atom. The molecule has 0 spiro atoms. The van der Waals surface area contributed by atoms with Crippen molar-refractivity contribution < 1.29 is 9.90 Å². The maximum Gasteiger partial charge on any atom is 0.266 e. The molecule has 5 nitrogen and oxygen atoms in total. The monoisotopic (exact) mass is 200 g/mol. The van der Waals surface area contributed by atoms with Gasteiger partial charge >= 0.3 is 0 Å². The zero-order chi connectivity index (χ0) is 10.0. The van der Waals surface area contributed by atoms with Crippen LogP contribution in [0.1, 0.15) is 17.3 Å². The van der Waals surface area contributed by atoms with Gasteiger partial charge in [0, 0.05) is 0 Å². The molecular weight excluding hydrogens is 192 g/mol. The van der Waals surface area contributed by atoms with Crippen LogP contribution in [0.5, 0.6) is 5.88 Å². The number of H-pyrrole nitrogens is 1. The third kappa shape index (κ3) is 1.89. The molecule has 0 bridgehead atoms. The molecule has 0 aliphatic carbocycles. The number of nitrogens with zero attached hydrogens (tertiary/aromatic N) is 1. The summed E-state index contributed by atoms with van der Waals surface area (Å²) in [7, 11) is 0. The number of Topliss-reactive ketones (excluding diaryl/α,β-unsaturated/α-hetero) is 1. The first-order valence-electron chi connectivity index (χ1n) is 3.44. The molecule has 0 saturated heterocycles. The van der Waals surface area contributed by atoms with E-state index in [1.165, 1.54) is 18.7 Å². The van der Waals surface area contributed by atoms with Gasteiger partial charge in [0.25, 0.3) is 5.56 Å². The summed E-state index contributed by atoms with van der Waals surface area (Å²) in [6, 6.07) is 0. The third-order valence-electron chi connectivity index (χ3n) is 1.42. The van der Waals surface area contributed by atoms with Crippen LogP contribution in [0.2, 0.25) is 0 Å². The van der Waals surface area contributed by atoms with Gasteiger partial charge in [-0.1, -0.05) is 11.8 Å². The fraction of sp³-hybridized carbons (Fsp3) is 0.286. The van der Waals surface area contributed by atoms with Crippen LogP contribution in [-0.4, -0.2) is 27.1 Å². The molecule has 0 aliphatic rings. The van der Waals surface area contributed by atoms with E-state index in [1.807, 2.05) is 0 Å². The highest BCUT2D eigenvalue weighted by Crippen LogP contribution is 2.13. The lowest BCUT2D eigenvalue weighted by Crippen LogP contribution is -2.17. The van der Waals surface area contributed by atoms with Crippen LogP contribution in [0.25, 0.3) is 0 Å². The SMILES string of the molecule is CSc1nc(O)c(C(C)=O)c(=O)[nH]1. The van der Waals surface area contributed by atoms with Crippen LogP contribution in [0.15, 0.2) is 9.95 Å². The number of hydrogen-bond acceptors (Lipinski definition) is 5. The standard InChI is InChI=1S/C7H8N2O3S/c1-3(10)4-5(11)8-7(13-2)9-6(4)12/h1-2H3,(H2,8,9,11,12). The Balaban J connectivity index is 3.40. The molecule has 2 N–H and O–H groups in total. The minimum Gasteiger partial charge on any atom is -0.493 e. The Labute approximate surface area is 78.2 Å². The smallest absolute Gasteiger partial charge is 0.266 e. The van der Waals surface area contributed by atoms with Crippen molar-refractivity contribution in [2.45, 2.75) is 12.1 Å². The van der Waals surface area contributed by atoms with E-state index in [9.17, 15) is 14.7 Å². The topological polar surface area (TPSA) is 83.1 Å². The molecule has 70 valence electrons. The number of nitrogens with one attached hydrogen (secondary N) is 1. The number of carbonyl (C=O) groups is 1. The summed E-state index contributed by atoms with van der Waals surface area (Å²) < 4.78 is 0. The van der Waals surface area contributed by atoms with E-state index < -0.39 is 17.2 Å². The Morgan fingerprint density at radius 2 is 2.23 bits per heavy atom. The number of aromatic amines is 1. The van der Waals surface area contributed by atoms with Gasteiger partial charge in [0.1, 0.15) is 5.56 Å². The molecule has 0 amide bonds. The summed E-state index contributed by atoms with van der Waals surface area (Å²) in [6.45, 7) is 1.20. The quantitative estimate of drug-likeness (QED) is 0.410. The lowest BCUT2D eigenvalue weighted by molar-refractivity contribution is 0.101. The van der Waals surface area contributed by atoms with Crippen molar-refractivity contribution in [3.05, 3.63) is 15.9 Å². The Morgan fingerprint density at radius 1 is 1.62 bits per heavy atom. The molecule has 0 aromatic carbocycles. The molecule has 0 aliphatic heterocycles. The molecule has 0 fully saturated rings. The second-order valence-corrected chi connectivity index (χ2v) is 3.12. The summed E-state index contributed by atoms with van der Waals surface area (Å²) in [5, 5.41) is 9.49. The molecule has 1 aromatic rings. The van der Waals surface area contributed by atoms with E-state index in [0.29, 0.717) is 0 Å². The van der Waals surface area contributed by atoms with E-state index >= 15 is 0 Å². The van der Waals surface area contributed by atoms with Crippen molar-refractivity contribution >= 4 is 17.5 Å². The van der Waals surface area contributed by atoms with Gasteiger partial charge in [-0.3, -0.25) is 9.59 Å². The summed E-state index contributed by atoms with van der Waals surface area (Å²) >= 11 is 1.18. The van der Waals surface area contributed by atoms with Crippen LogP contribution < -0.4 is 5.56 Å². The molecule has 1 rings (SSSR count). The van der Waals surface area contributed by atoms with Gasteiger partial charge in [-0.2, -0.15) is 4.98 Å². The van der Waals surface area contributed by atoms with Gasteiger partial charge in [-0.25, -0.2) is 0 Å². The van der Waals surface area contributed by atoms with E-state index in [2.05, 4.69) is 9.97 Å². The highest BCUT2D eigenvalue weighted by Gasteiger charge is 2.13. The van der Waals surface area contributed by atoms with Crippen LogP contribution in [0, 0.1) is 0 Å². The molecule has 6 heteroatoms. The lowest BCUT2D eigenvalue weighted by Gasteiger charge is -2.00. The van der Waals surface area contributed by atoms with Gasteiger partial charge < -0.3 is 10.1 Å². The minimum atomic E-state index is -0.607. The van der Waals surface area contributed by atoms with Gasteiger partial charge in [-0.15, -0.1) is 0 Å². The fourth-order valence-corrected chi connectivity index (χ4v) is 1.23. The molecule has 1 aromatic heterocycles. The van der Waals surface area contributed by atoms with Crippen molar-refractivity contribution in [3.8, 4) is 5.88 Å². The summed E-state index contributed by atoms with van der Waals surface area (Å²) in [5.41, 5.74) is -0.901. The molecule has 0 unspecified atom stereocenters. The Bertz CT molecular complexity index is 399. The van der Waals surface area contributed by atoms with Gasteiger partial charge in [-0.05, 0) is 13.2 Å². The molecule has 1 heterocycles. The Kier molecular flexibility index (Phi) is 2.72. The number of thioether (sulfide) groups is 1. The average molecular weight is 200 g/mol. The maximum absolute atomic E-state index is 11.2. The first-order chi connectivity index (χ1) is 6.06. The second kappa shape index (κ2) is 3.61. The summed E-state index contributed by atoms with van der Waals surface area (Å²) in [5.74, 6) is -1.01. The molecular formula is C7H8N2O3S. The van der Waals surface area contributed by atoms with E-state index in [0.717, 1.165) is 0 Å². The number of rotatable bonds is 2. The number of hydrogen-bond donors (Lipinski definition) is 2. The van der Waals surface area contributed by atoms with Crippen molar-refractivity contribution in [1.29, 1.82) is 0 Å². The van der Waals surface area contributed by atoms with Gasteiger partial charge in [0.05, 0.1) is 0 Å². The van der Waals surface area contributed by atoms with Crippen LogP contribution in [0.3, 0.4) is 0 Å². The van der Waals surface area contributed by atoms with Crippen LogP contribution >= 0.6 is 11.8 Å². The number of carbonyl (C=O) groups excluding carboxylic acids is 1. The van der Waals surface area contributed by atoms with Crippen molar-refractivity contribution in [3.63, 3.8) is 0 Å². The number of aromatic hydroxyl groups is 1. The second-order valence-electron chi connectivity index (χ2n) is 2.33. The van der Waals surface area contributed by atoms with Crippen LogP contribution in [0.4, 0.5) is 0 Å². The van der Waals surface area contributed by atoms with Gasteiger partial charge in [0.2, 0.25) is 5.88 Å². The zero-order valence-corrected chi connectivity index (χ0v) is 7.94. The van der Waals surface area contributed by atoms with Crippen molar-refractivity contribution in [2.75, 3.05) is 6.26 Å². The number of aromatic nitrogens is 2. The normalized spacial score (nSPS) is 10.0. The highest BCUT2D eigenvalue weighted by atomic mass is 32.2. The molecule has 0 radical (unpaired) electrons. The minimum absolute atomic E-state index is 0.285. The van der Waals surface area contributed by atoms with Crippen LogP contribution in [-0.2, 0) is 0 Å².